The number of methoxy groups -OCH3 is 1. The standard InChI is InChI=1S/C22H22F3N7O3/c1-34-18-11-14(5-6-17(18)33)13-26-31-20-28-19(29-21(30-20)32-7-9-35-10-8-32)27-16-4-2-3-15(12-16)22(23,24)25/h2-6,11-13,33H,7-10H2,1H3,(H2,27,28,29,30,31). The molecule has 4 rings (SSSR count). The normalized spacial score (nSPS) is 14.2. The molecule has 1 aromatic heterocycles. The van der Waals surface area contributed by atoms with Gasteiger partial charge in [0, 0.05) is 18.8 Å². The van der Waals surface area contributed by atoms with Gasteiger partial charge < -0.3 is 24.8 Å². The molecule has 2 aromatic carbocycles. The van der Waals surface area contributed by atoms with Crippen LogP contribution in [-0.4, -0.2) is 59.7 Å². The number of hydrogen-bond donors (Lipinski definition) is 3. The van der Waals surface area contributed by atoms with E-state index in [-0.39, 0.29) is 29.1 Å². The Morgan fingerprint density at radius 3 is 2.60 bits per heavy atom. The number of hydrazone groups is 1. The Labute approximate surface area is 198 Å². The Balaban J connectivity index is 1.58. The Morgan fingerprint density at radius 1 is 1.09 bits per heavy atom. The summed E-state index contributed by atoms with van der Waals surface area (Å²) in [6.45, 7) is 2.07. The van der Waals surface area contributed by atoms with Gasteiger partial charge in [0.05, 0.1) is 32.1 Å². The quantitative estimate of drug-likeness (QED) is 0.338. The maximum Gasteiger partial charge on any atom is 0.416 e. The van der Waals surface area contributed by atoms with Crippen LogP contribution in [-0.2, 0) is 10.9 Å². The first-order valence-corrected chi connectivity index (χ1v) is 10.5. The highest BCUT2D eigenvalue weighted by molar-refractivity contribution is 5.81. The third-order valence-electron chi connectivity index (χ3n) is 4.95. The first-order valence-electron chi connectivity index (χ1n) is 10.5. The van der Waals surface area contributed by atoms with Crippen LogP contribution in [0.15, 0.2) is 47.6 Å². The van der Waals surface area contributed by atoms with Gasteiger partial charge >= 0.3 is 6.18 Å². The molecule has 35 heavy (non-hydrogen) atoms. The number of benzene rings is 2. The molecule has 1 fully saturated rings. The topological polar surface area (TPSA) is 117 Å². The Morgan fingerprint density at radius 2 is 1.86 bits per heavy atom. The van der Waals surface area contributed by atoms with E-state index in [9.17, 15) is 18.3 Å². The monoisotopic (exact) mass is 489 g/mol. The van der Waals surface area contributed by atoms with Gasteiger partial charge in [-0.05, 0) is 42.0 Å². The van der Waals surface area contributed by atoms with Crippen LogP contribution in [0.4, 0.5) is 36.7 Å². The summed E-state index contributed by atoms with van der Waals surface area (Å²) in [6.07, 6.45) is -3.01. The predicted molar refractivity (Wildman–Crippen MR) is 123 cm³/mol. The fourth-order valence-electron chi connectivity index (χ4n) is 3.22. The predicted octanol–water partition coefficient (Wildman–Crippen LogP) is 3.63. The summed E-state index contributed by atoms with van der Waals surface area (Å²) in [5.74, 6) is 0.733. The van der Waals surface area contributed by atoms with E-state index in [0.717, 1.165) is 12.1 Å². The fourth-order valence-corrected chi connectivity index (χ4v) is 3.22. The van der Waals surface area contributed by atoms with Crippen molar-refractivity contribution in [3.8, 4) is 11.5 Å². The van der Waals surface area contributed by atoms with Gasteiger partial charge in [0.15, 0.2) is 11.5 Å². The molecule has 1 aliphatic rings. The van der Waals surface area contributed by atoms with E-state index in [0.29, 0.717) is 37.8 Å². The SMILES string of the molecule is COc1cc(C=NNc2nc(Nc3cccc(C(F)(F)F)c3)nc(N3CCOCC3)n2)ccc1O. The number of aromatic hydroxyl groups is 1. The number of rotatable bonds is 7. The van der Waals surface area contributed by atoms with E-state index in [1.54, 1.807) is 12.1 Å². The van der Waals surface area contributed by atoms with Crippen molar-refractivity contribution in [2.45, 2.75) is 6.18 Å². The van der Waals surface area contributed by atoms with E-state index < -0.39 is 11.7 Å². The zero-order valence-corrected chi connectivity index (χ0v) is 18.6. The number of ether oxygens (including phenoxy) is 2. The Kier molecular flexibility index (Phi) is 7.15. The van der Waals surface area contributed by atoms with Gasteiger partial charge in [-0.2, -0.15) is 33.2 Å². The number of morpholine rings is 1. The summed E-state index contributed by atoms with van der Waals surface area (Å²) in [5, 5.41) is 16.6. The van der Waals surface area contributed by atoms with Gasteiger partial charge in [-0.1, -0.05) is 6.07 Å². The van der Waals surface area contributed by atoms with Crippen LogP contribution in [0.5, 0.6) is 11.5 Å². The molecule has 3 aromatic rings. The number of aromatic nitrogens is 3. The third kappa shape index (κ3) is 6.26. The average molecular weight is 489 g/mol. The molecule has 0 aliphatic carbocycles. The summed E-state index contributed by atoms with van der Waals surface area (Å²) in [5.41, 5.74) is 2.73. The zero-order valence-electron chi connectivity index (χ0n) is 18.6. The van der Waals surface area contributed by atoms with Crippen molar-refractivity contribution in [1.82, 2.24) is 15.0 Å². The molecule has 0 spiro atoms. The number of phenols is 1. The minimum absolute atomic E-state index is 0.00413. The maximum absolute atomic E-state index is 13.1. The minimum atomic E-state index is -4.48. The molecule has 13 heteroatoms. The lowest BCUT2D eigenvalue weighted by Crippen LogP contribution is -2.37. The Hall–Kier alpha value is -4.13. The van der Waals surface area contributed by atoms with Crippen molar-refractivity contribution in [2.24, 2.45) is 5.10 Å². The van der Waals surface area contributed by atoms with Crippen molar-refractivity contribution in [2.75, 3.05) is 49.1 Å². The van der Waals surface area contributed by atoms with Crippen LogP contribution < -0.4 is 20.4 Å². The fraction of sp³-hybridized carbons (Fsp3) is 0.273. The van der Waals surface area contributed by atoms with Gasteiger partial charge in [0.25, 0.3) is 0 Å². The van der Waals surface area contributed by atoms with Gasteiger partial charge in [-0.25, -0.2) is 5.43 Å². The summed E-state index contributed by atoms with van der Waals surface area (Å²) in [6, 6.07) is 9.43. The van der Waals surface area contributed by atoms with E-state index in [4.69, 9.17) is 9.47 Å². The van der Waals surface area contributed by atoms with E-state index in [1.165, 1.54) is 31.5 Å². The maximum atomic E-state index is 13.1. The number of nitrogens with zero attached hydrogens (tertiary/aromatic N) is 5. The largest absolute Gasteiger partial charge is 0.504 e. The number of nitrogens with one attached hydrogen (secondary N) is 2. The number of halogens is 3. The zero-order chi connectivity index (χ0) is 24.8. The van der Waals surface area contributed by atoms with Gasteiger partial charge in [-0.3, -0.25) is 0 Å². The number of alkyl halides is 3. The summed E-state index contributed by atoms with van der Waals surface area (Å²) < 4.78 is 49.7. The highest BCUT2D eigenvalue weighted by atomic mass is 19.4. The molecule has 0 saturated carbocycles. The van der Waals surface area contributed by atoms with Crippen molar-refractivity contribution in [1.29, 1.82) is 0 Å². The lowest BCUT2D eigenvalue weighted by atomic mass is 10.2. The molecule has 3 N–H and O–H groups in total. The second-order valence-corrected chi connectivity index (χ2v) is 7.39. The summed E-state index contributed by atoms with van der Waals surface area (Å²) in [4.78, 5) is 14.8. The smallest absolute Gasteiger partial charge is 0.416 e. The molecular weight excluding hydrogens is 467 g/mol. The van der Waals surface area contributed by atoms with Crippen LogP contribution >= 0.6 is 0 Å². The second-order valence-electron chi connectivity index (χ2n) is 7.39. The molecule has 10 nitrogen and oxygen atoms in total. The molecule has 0 atom stereocenters. The lowest BCUT2D eigenvalue weighted by Gasteiger charge is -2.27. The average Bonchev–Trinajstić information content (AvgIpc) is 2.85. The van der Waals surface area contributed by atoms with Crippen molar-refractivity contribution in [3.63, 3.8) is 0 Å². The van der Waals surface area contributed by atoms with E-state index in [1.807, 2.05) is 4.90 Å². The molecule has 0 unspecified atom stereocenters. The second kappa shape index (κ2) is 10.4. The van der Waals surface area contributed by atoms with Crippen molar-refractivity contribution < 1.29 is 27.8 Å². The molecular formula is C22H22F3N7O3. The highest BCUT2D eigenvalue weighted by Crippen LogP contribution is 2.31. The molecule has 2 heterocycles. The molecule has 1 aliphatic heterocycles. The lowest BCUT2D eigenvalue weighted by molar-refractivity contribution is -0.137. The van der Waals surface area contributed by atoms with Crippen LogP contribution in [0, 0.1) is 0 Å². The molecule has 1 saturated heterocycles. The summed E-state index contributed by atoms with van der Waals surface area (Å²) >= 11 is 0. The van der Waals surface area contributed by atoms with Crippen molar-refractivity contribution in [3.05, 3.63) is 53.6 Å². The van der Waals surface area contributed by atoms with Crippen LogP contribution in [0.1, 0.15) is 11.1 Å². The van der Waals surface area contributed by atoms with Crippen molar-refractivity contribution >= 4 is 29.7 Å². The van der Waals surface area contributed by atoms with Gasteiger partial charge in [0.1, 0.15) is 0 Å². The van der Waals surface area contributed by atoms with Crippen LogP contribution in [0.3, 0.4) is 0 Å². The number of phenolic OH excluding ortho intramolecular Hbond substituents is 1. The van der Waals surface area contributed by atoms with E-state index >= 15 is 0 Å². The number of anilines is 4. The van der Waals surface area contributed by atoms with Gasteiger partial charge in [0.2, 0.25) is 17.8 Å². The first kappa shape index (κ1) is 24.0. The Bertz CT molecular complexity index is 1200. The number of hydrogen-bond acceptors (Lipinski definition) is 10. The highest BCUT2D eigenvalue weighted by Gasteiger charge is 2.30. The van der Waals surface area contributed by atoms with E-state index in [2.05, 4.69) is 30.8 Å². The first-order chi connectivity index (χ1) is 16.8. The van der Waals surface area contributed by atoms with Crippen LogP contribution in [0.25, 0.3) is 0 Å². The molecule has 0 radical (unpaired) electrons. The molecule has 0 amide bonds. The van der Waals surface area contributed by atoms with Crippen LogP contribution in [0.2, 0.25) is 0 Å². The summed E-state index contributed by atoms with van der Waals surface area (Å²) in [7, 11) is 1.44. The third-order valence-corrected chi connectivity index (χ3v) is 4.95. The minimum Gasteiger partial charge on any atom is -0.504 e. The molecule has 184 valence electrons. The van der Waals surface area contributed by atoms with Gasteiger partial charge in [-0.15, -0.1) is 0 Å². The molecule has 0 bridgehead atoms.